The third-order valence-corrected chi connectivity index (χ3v) is 5.83. The van der Waals surface area contributed by atoms with Crippen LogP contribution in [0, 0.1) is 0 Å². The molecule has 4 rings (SSSR count). The van der Waals surface area contributed by atoms with E-state index in [2.05, 4.69) is 40.1 Å². The number of nitrogens with one attached hydrogen (secondary N) is 1. The predicted octanol–water partition coefficient (Wildman–Crippen LogP) is 3.53. The Kier molecular flexibility index (Phi) is 5.44. The van der Waals surface area contributed by atoms with Crippen LogP contribution in [0.3, 0.4) is 0 Å². The zero-order valence-electron chi connectivity index (χ0n) is 16.6. The second-order valence-corrected chi connectivity index (χ2v) is 7.71. The molecule has 1 aromatic heterocycles. The van der Waals surface area contributed by atoms with Gasteiger partial charge in [-0.2, -0.15) is 0 Å². The summed E-state index contributed by atoms with van der Waals surface area (Å²) in [5.41, 5.74) is 4.73. The molecule has 1 heterocycles. The summed E-state index contributed by atoms with van der Waals surface area (Å²) < 4.78 is 5.57. The number of likely N-dealkylation sites (N-methyl/N-ethyl adjacent to an activating group) is 1. The van der Waals surface area contributed by atoms with Crippen molar-refractivity contribution in [2.24, 2.45) is 0 Å². The number of methoxy groups -OCH3 is 1. The van der Waals surface area contributed by atoms with Crippen LogP contribution in [0.25, 0.3) is 10.9 Å². The van der Waals surface area contributed by atoms with E-state index in [-0.39, 0.29) is 5.56 Å². The second-order valence-electron chi connectivity index (χ2n) is 7.71. The highest BCUT2D eigenvalue weighted by atomic mass is 16.5. The van der Waals surface area contributed by atoms with Gasteiger partial charge in [0.1, 0.15) is 5.75 Å². The van der Waals surface area contributed by atoms with Crippen LogP contribution in [0.15, 0.2) is 47.5 Å². The lowest BCUT2D eigenvalue weighted by Crippen LogP contribution is -2.28. The summed E-state index contributed by atoms with van der Waals surface area (Å²) in [4.78, 5) is 21.1. The normalized spacial score (nSPS) is 16.3. The SMILES string of the molecule is COc1cccc2c1CCCC2CN(C)CCc1ccc2c(=O)[nH]cnc2c1. The van der Waals surface area contributed by atoms with E-state index >= 15 is 0 Å². The van der Waals surface area contributed by atoms with Gasteiger partial charge in [-0.3, -0.25) is 4.79 Å². The molecule has 1 aliphatic rings. The Morgan fingerprint density at radius 1 is 1.29 bits per heavy atom. The van der Waals surface area contributed by atoms with E-state index in [9.17, 15) is 4.79 Å². The highest BCUT2D eigenvalue weighted by Crippen LogP contribution is 2.36. The summed E-state index contributed by atoms with van der Waals surface area (Å²) in [5, 5.41) is 0.646. The van der Waals surface area contributed by atoms with Crippen molar-refractivity contribution >= 4 is 10.9 Å². The Morgan fingerprint density at radius 2 is 2.18 bits per heavy atom. The molecule has 0 bridgehead atoms. The molecule has 0 amide bonds. The monoisotopic (exact) mass is 377 g/mol. The maximum absolute atomic E-state index is 11.8. The number of ether oxygens (including phenoxy) is 1. The van der Waals surface area contributed by atoms with Gasteiger partial charge in [-0.05, 0) is 73.5 Å². The van der Waals surface area contributed by atoms with Crippen LogP contribution in [0.1, 0.15) is 35.4 Å². The molecule has 0 saturated heterocycles. The highest BCUT2D eigenvalue weighted by molar-refractivity contribution is 5.77. The molecule has 3 aromatic rings. The van der Waals surface area contributed by atoms with Gasteiger partial charge in [-0.25, -0.2) is 4.98 Å². The lowest BCUT2D eigenvalue weighted by molar-refractivity contribution is 0.299. The summed E-state index contributed by atoms with van der Waals surface area (Å²) in [7, 11) is 3.95. The van der Waals surface area contributed by atoms with Gasteiger partial charge in [0.05, 0.1) is 24.3 Å². The number of aromatic nitrogens is 2. The van der Waals surface area contributed by atoms with E-state index in [0.717, 1.165) is 37.2 Å². The number of rotatable bonds is 6. The molecule has 0 radical (unpaired) electrons. The van der Waals surface area contributed by atoms with Crippen molar-refractivity contribution in [3.63, 3.8) is 0 Å². The van der Waals surface area contributed by atoms with Crippen LogP contribution in [0.2, 0.25) is 0 Å². The van der Waals surface area contributed by atoms with E-state index in [1.165, 1.54) is 35.9 Å². The average molecular weight is 377 g/mol. The van der Waals surface area contributed by atoms with Gasteiger partial charge in [0.25, 0.3) is 5.56 Å². The molecule has 0 saturated carbocycles. The van der Waals surface area contributed by atoms with E-state index < -0.39 is 0 Å². The minimum atomic E-state index is -0.0833. The van der Waals surface area contributed by atoms with Crippen molar-refractivity contribution in [2.75, 3.05) is 27.2 Å². The van der Waals surface area contributed by atoms with Crippen molar-refractivity contribution in [2.45, 2.75) is 31.6 Å². The molecule has 1 atom stereocenters. The summed E-state index contributed by atoms with van der Waals surface area (Å²) >= 11 is 0. The van der Waals surface area contributed by atoms with Crippen LogP contribution in [0.4, 0.5) is 0 Å². The van der Waals surface area contributed by atoms with Gasteiger partial charge in [-0.15, -0.1) is 0 Å². The third-order valence-electron chi connectivity index (χ3n) is 5.83. The highest BCUT2D eigenvalue weighted by Gasteiger charge is 2.23. The maximum Gasteiger partial charge on any atom is 0.258 e. The van der Waals surface area contributed by atoms with E-state index in [0.29, 0.717) is 11.3 Å². The molecule has 28 heavy (non-hydrogen) atoms. The predicted molar refractivity (Wildman–Crippen MR) is 112 cm³/mol. The molecule has 5 heteroatoms. The largest absolute Gasteiger partial charge is 0.496 e. The van der Waals surface area contributed by atoms with Crippen molar-refractivity contribution in [1.82, 2.24) is 14.9 Å². The van der Waals surface area contributed by atoms with Crippen LogP contribution in [-0.2, 0) is 12.8 Å². The van der Waals surface area contributed by atoms with Gasteiger partial charge < -0.3 is 14.6 Å². The Labute approximate surface area is 165 Å². The van der Waals surface area contributed by atoms with Gasteiger partial charge in [0.2, 0.25) is 0 Å². The third kappa shape index (κ3) is 3.80. The first kappa shape index (κ1) is 18.7. The molecule has 1 unspecified atom stereocenters. The van der Waals surface area contributed by atoms with Crippen molar-refractivity contribution in [1.29, 1.82) is 0 Å². The zero-order chi connectivity index (χ0) is 19.5. The standard InChI is InChI=1S/C23H27N3O2/c1-26(12-11-16-9-10-20-21(13-16)24-15-25-23(20)27)14-17-5-3-7-19-18(17)6-4-8-22(19)28-2/h4,6,8-10,13,15,17H,3,5,7,11-12,14H2,1-2H3,(H,24,25,27). The Morgan fingerprint density at radius 3 is 3.04 bits per heavy atom. The molecule has 1 aliphatic carbocycles. The fourth-order valence-electron chi connectivity index (χ4n) is 4.35. The number of hydrogen-bond acceptors (Lipinski definition) is 4. The summed E-state index contributed by atoms with van der Waals surface area (Å²) in [5.74, 6) is 1.59. The Hall–Kier alpha value is -2.66. The molecule has 1 N–H and O–H groups in total. The molecule has 2 aromatic carbocycles. The lowest BCUT2D eigenvalue weighted by Gasteiger charge is -2.30. The molecule has 5 nitrogen and oxygen atoms in total. The number of benzene rings is 2. The van der Waals surface area contributed by atoms with Crippen LogP contribution >= 0.6 is 0 Å². The van der Waals surface area contributed by atoms with Crippen molar-refractivity contribution < 1.29 is 4.74 Å². The van der Waals surface area contributed by atoms with Crippen LogP contribution in [-0.4, -0.2) is 42.1 Å². The minimum Gasteiger partial charge on any atom is -0.496 e. The number of nitrogens with zero attached hydrogens (tertiary/aromatic N) is 2. The first-order valence-electron chi connectivity index (χ1n) is 9.96. The Bertz CT molecular complexity index is 1030. The second kappa shape index (κ2) is 8.15. The summed E-state index contributed by atoms with van der Waals surface area (Å²) in [6.07, 6.45) is 5.97. The van der Waals surface area contributed by atoms with E-state index in [4.69, 9.17) is 4.74 Å². The summed E-state index contributed by atoms with van der Waals surface area (Å²) in [6, 6.07) is 12.4. The summed E-state index contributed by atoms with van der Waals surface area (Å²) in [6.45, 7) is 2.02. The van der Waals surface area contributed by atoms with Gasteiger partial charge in [0.15, 0.2) is 0 Å². The quantitative estimate of drug-likeness (QED) is 0.714. The lowest BCUT2D eigenvalue weighted by atomic mass is 9.82. The Balaban J connectivity index is 1.42. The fourth-order valence-corrected chi connectivity index (χ4v) is 4.35. The van der Waals surface area contributed by atoms with Gasteiger partial charge in [-0.1, -0.05) is 18.2 Å². The van der Waals surface area contributed by atoms with Crippen molar-refractivity contribution in [3.05, 3.63) is 69.8 Å². The number of fused-ring (bicyclic) bond motifs is 2. The number of H-pyrrole nitrogens is 1. The molecule has 146 valence electrons. The van der Waals surface area contributed by atoms with Crippen LogP contribution in [0.5, 0.6) is 5.75 Å². The average Bonchev–Trinajstić information content (AvgIpc) is 2.72. The molecular weight excluding hydrogens is 350 g/mol. The number of hydrogen-bond donors (Lipinski definition) is 1. The van der Waals surface area contributed by atoms with Gasteiger partial charge >= 0.3 is 0 Å². The number of aromatic amines is 1. The van der Waals surface area contributed by atoms with Gasteiger partial charge in [0, 0.05) is 13.1 Å². The van der Waals surface area contributed by atoms with E-state index in [1.807, 2.05) is 18.2 Å². The smallest absolute Gasteiger partial charge is 0.258 e. The van der Waals surface area contributed by atoms with E-state index in [1.54, 1.807) is 7.11 Å². The van der Waals surface area contributed by atoms with Crippen LogP contribution < -0.4 is 10.3 Å². The maximum atomic E-state index is 11.8. The topological polar surface area (TPSA) is 58.2 Å². The minimum absolute atomic E-state index is 0.0833. The molecule has 0 spiro atoms. The molecule has 0 fully saturated rings. The molecular formula is C23H27N3O2. The van der Waals surface area contributed by atoms with Crippen molar-refractivity contribution in [3.8, 4) is 5.75 Å². The zero-order valence-corrected chi connectivity index (χ0v) is 16.6. The first-order chi connectivity index (χ1) is 13.7. The first-order valence-corrected chi connectivity index (χ1v) is 9.96. The molecule has 0 aliphatic heterocycles. The fraction of sp³-hybridized carbons (Fsp3) is 0.391.